The Morgan fingerprint density at radius 3 is 3.05 bits per heavy atom. The van der Waals surface area contributed by atoms with Crippen molar-refractivity contribution in [2.45, 2.75) is 19.8 Å². The fourth-order valence-corrected chi connectivity index (χ4v) is 2.45. The number of carbonyl (C=O) groups is 1. The number of hydrogen-bond donors (Lipinski definition) is 1. The maximum atomic E-state index is 13.8. The van der Waals surface area contributed by atoms with Crippen molar-refractivity contribution in [1.29, 1.82) is 0 Å². The topological polar surface area (TPSA) is 40.5 Å². The number of piperidine rings is 1. The summed E-state index contributed by atoms with van der Waals surface area (Å²) in [7, 11) is 0. The highest BCUT2D eigenvalue weighted by Gasteiger charge is 2.24. The second kappa shape index (κ2) is 6.53. The van der Waals surface area contributed by atoms with Crippen LogP contribution in [-0.4, -0.2) is 35.6 Å². The number of aliphatic hydroxyl groups excluding tert-OH is 1. The van der Waals surface area contributed by atoms with Crippen LogP contribution in [-0.2, 0) is 0 Å². The highest BCUT2D eigenvalue weighted by atomic mass is 19.1. The van der Waals surface area contributed by atoms with Gasteiger partial charge in [-0.3, -0.25) is 4.79 Å². The van der Waals surface area contributed by atoms with Crippen LogP contribution in [0.25, 0.3) is 0 Å². The van der Waals surface area contributed by atoms with Crippen LogP contribution < -0.4 is 0 Å². The molecule has 1 atom stereocenters. The molecule has 1 aliphatic rings. The normalized spacial score (nSPS) is 18.4. The minimum Gasteiger partial charge on any atom is -0.384 e. The van der Waals surface area contributed by atoms with Crippen LogP contribution in [0.5, 0.6) is 0 Å². The quantitative estimate of drug-likeness (QED) is 0.797. The smallest absolute Gasteiger partial charge is 0.256 e. The molecule has 0 aromatic heterocycles. The van der Waals surface area contributed by atoms with Crippen LogP contribution in [0.2, 0.25) is 0 Å². The summed E-state index contributed by atoms with van der Waals surface area (Å²) in [6.07, 6.45) is 2.06. The van der Waals surface area contributed by atoms with E-state index >= 15 is 0 Å². The molecule has 0 spiro atoms. The fourth-order valence-electron chi connectivity index (χ4n) is 2.45. The van der Waals surface area contributed by atoms with Crippen molar-refractivity contribution < 1.29 is 14.3 Å². The number of nitrogens with zero attached hydrogens (tertiary/aromatic N) is 1. The molecule has 106 valence electrons. The highest BCUT2D eigenvalue weighted by Crippen LogP contribution is 2.19. The molecule has 0 saturated carbocycles. The first kappa shape index (κ1) is 14.5. The zero-order valence-electron chi connectivity index (χ0n) is 11.5. The van der Waals surface area contributed by atoms with E-state index in [1.54, 1.807) is 4.90 Å². The molecule has 1 saturated heterocycles. The third-order valence-electron chi connectivity index (χ3n) is 3.45. The van der Waals surface area contributed by atoms with Crippen molar-refractivity contribution in [1.82, 2.24) is 4.90 Å². The van der Waals surface area contributed by atoms with E-state index in [0.717, 1.165) is 12.8 Å². The second-order valence-corrected chi connectivity index (χ2v) is 5.15. The van der Waals surface area contributed by atoms with E-state index < -0.39 is 5.82 Å². The molecular formula is C16H18FNO2. The molecule has 1 amide bonds. The minimum atomic E-state index is -0.525. The highest BCUT2D eigenvalue weighted by molar-refractivity contribution is 5.95. The Bertz CT molecular complexity index is 559. The lowest BCUT2D eigenvalue weighted by Crippen LogP contribution is -2.39. The van der Waals surface area contributed by atoms with Crippen LogP contribution in [0.1, 0.15) is 35.7 Å². The molecule has 3 nitrogen and oxygen atoms in total. The number of amides is 1. The van der Waals surface area contributed by atoms with Gasteiger partial charge in [0.2, 0.25) is 0 Å². The molecule has 1 heterocycles. The van der Waals surface area contributed by atoms with Gasteiger partial charge in [0.1, 0.15) is 12.4 Å². The number of halogens is 1. The van der Waals surface area contributed by atoms with Crippen molar-refractivity contribution in [3.05, 3.63) is 35.1 Å². The Balaban J connectivity index is 2.24. The van der Waals surface area contributed by atoms with Crippen molar-refractivity contribution in [2.24, 2.45) is 5.92 Å². The summed E-state index contributed by atoms with van der Waals surface area (Å²) >= 11 is 0. The predicted molar refractivity (Wildman–Crippen MR) is 74.7 cm³/mol. The van der Waals surface area contributed by atoms with Crippen LogP contribution in [0, 0.1) is 23.6 Å². The molecule has 0 radical (unpaired) electrons. The molecule has 2 rings (SSSR count). The molecular weight excluding hydrogens is 257 g/mol. The van der Waals surface area contributed by atoms with Gasteiger partial charge in [0.25, 0.3) is 5.91 Å². The Morgan fingerprint density at radius 2 is 2.35 bits per heavy atom. The Morgan fingerprint density at radius 1 is 1.55 bits per heavy atom. The third-order valence-corrected chi connectivity index (χ3v) is 3.45. The Kier molecular flexibility index (Phi) is 4.75. The van der Waals surface area contributed by atoms with Crippen LogP contribution in [0.4, 0.5) is 4.39 Å². The molecule has 1 aliphatic heterocycles. The lowest BCUT2D eigenvalue weighted by Gasteiger charge is -2.31. The van der Waals surface area contributed by atoms with Gasteiger partial charge in [0.15, 0.2) is 0 Å². The van der Waals surface area contributed by atoms with Gasteiger partial charge in [0, 0.05) is 18.7 Å². The monoisotopic (exact) mass is 275 g/mol. The lowest BCUT2D eigenvalue weighted by atomic mass is 9.99. The van der Waals surface area contributed by atoms with E-state index in [1.165, 1.54) is 18.2 Å². The van der Waals surface area contributed by atoms with Gasteiger partial charge in [-0.25, -0.2) is 4.39 Å². The summed E-state index contributed by atoms with van der Waals surface area (Å²) in [5.41, 5.74) is 0.595. The average molecular weight is 275 g/mol. The van der Waals surface area contributed by atoms with Gasteiger partial charge in [0.05, 0.1) is 5.56 Å². The summed E-state index contributed by atoms with van der Waals surface area (Å²) < 4.78 is 13.8. The summed E-state index contributed by atoms with van der Waals surface area (Å²) in [6.45, 7) is 3.18. The van der Waals surface area contributed by atoms with E-state index in [9.17, 15) is 9.18 Å². The van der Waals surface area contributed by atoms with Gasteiger partial charge in [-0.05, 0) is 37.0 Å². The van der Waals surface area contributed by atoms with Gasteiger partial charge >= 0.3 is 0 Å². The number of benzene rings is 1. The standard InChI is InChI=1S/C16H18FNO2/c1-12-4-2-8-18(11-12)16(20)14-10-13(5-3-9-19)6-7-15(14)17/h6-7,10,12,19H,2,4,8-9,11H2,1H3. The first-order valence-corrected chi connectivity index (χ1v) is 6.80. The van der Waals surface area contributed by atoms with Gasteiger partial charge in [-0.1, -0.05) is 18.8 Å². The largest absolute Gasteiger partial charge is 0.384 e. The van der Waals surface area contributed by atoms with E-state index in [0.29, 0.717) is 24.6 Å². The summed E-state index contributed by atoms with van der Waals surface area (Å²) in [6, 6.07) is 4.22. The van der Waals surface area contributed by atoms with Crippen LogP contribution in [0.15, 0.2) is 18.2 Å². The zero-order valence-corrected chi connectivity index (χ0v) is 11.5. The van der Waals surface area contributed by atoms with Crippen molar-refractivity contribution in [2.75, 3.05) is 19.7 Å². The Hall–Kier alpha value is -1.86. The fraction of sp³-hybridized carbons (Fsp3) is 0.438. The van der Waals surface area contributed by atoms with E-state index in [-0.39, 0.29) is 18.1 Å². The number of likely N-dealkylation sites (tertiary alicyclic amines) is 1. The summed E-state index contributed by atoms with van der Waals surface area (Å²) in [5, 5.41) is 8.67. The summed E-state index contributed by atoms with van der Waals surface area (Å²) in [4.78, 5) is 14.1. The molecule has 4 heteroatoms. The first-order valence-electron chi connectivity index (χ1n) is 6.80. The van der Waals surface area contributed by atoms with E-state index in [1.807, 2.05) is 0 Å². The Labute approximate surface area is 118 Å². The van der Waals surface area contributed by atoms with Gasteiger partial charge in [-0.15, -0.1) is 0 Å². The van der Waals surface area contributed by atoms with Crippen LogP contribution >= 0.6 is 0 Å². The number of carbonyl (C=O) groups excluding carboxylic acids is 1. The number of aliphatic hydroxyl groups is 1. The molecule has 1 fully saturated rings. The van der Waals surface area contributed by atoms with Crippen molar-refractivity contribution in [3.63, 3.8) is 0 Å². The van der Waals surface area contributed by atoms with Gasteiger partial charge in [-0.2, -0.15) is 0 Å². The zero-order chi connectivity index (χ0) is 14.5. The molecule has 1 unspecified atom stereocenters. The first-order chi connectivity index (χ1) is 9.61. The van der Waals surface area contributed by atoms with Gasteiger partial charge < -0.3 is 10.0 Å². The maximum Gasteiger partial charge on any atom is 0.256 e. The lowest BCUT2D eigenvalue weighted by molar-refractivity contribution is 0.0678. The molecule has 1 aromatic rings. The van der Waals surface area contributed by atoms with E-state index in [4.69, 9.17) is 5.11 Å². The SMILES string of the molecule is CC1CCCN(C(=O)c2cc(C#CCO)ccc2F)C1. The molecule has 20 heavy (non-hydrogen) atoms. The molecule has 1 N–H and O–H groups in total. The van der Waals surface area contributed by atoms with Crippen molar-refractivity contribution >= 4 is 5.91 Å². The number of hydrogen-bond acceptors (Lipinski definition) is 2. The summed E-state index contributed by atoms with van der Waals surface area (Å²) in [5.74, 6) is 4.84. The average Bonchev–Trinajstić information content (AvgIpc) is 2.45. The third kappa shape index (κ3) is 3.37. The molecule has 1 aromatic carbocycles. The number of rotatable bonds is 1. The van der Waals surface area contributed by atoms with Crippen LogP contribution in [0.3, 0.4) is 0 Å². The van der Waals surface area contributed by atoms with E-state index in [2.05, 4.69) is 18.8 Å². The van der Waals surface area contributed by atoms with Crippen molar-refractivity contribution in [3.8, 4) is 11.8 Å². The molecule has 0 bridgehead atoms. The predicted octanol–water partition coefficient (Wildman–Crippen LogP) is 2.04. The molecule has 0 aliphatic carbocycles. The second-order valence-electron chi connectivity index (χ2n) is 5.15. The maximum absolute atomic E-state index is 13.8. The minimum absolute atomic E-state index is 0.0591.